The van der Waals surface area contributed by atoms with Gasteiger partial charge in [-0.25, -0.2) is 0 Å². The van der Waals surface area contributed by atoms with Crippen LogP contribution in [-0.4, -0.2) is 32.6 Å². The third-order valence-electron chi connectivity index (χ3n) is 5.27. The molecule has 0 aliphatic carbocycles. The zero-order valence-electron chi connectivity index (χ0n) is 17.0. The lowest BCUT2D eigenvalue weighted by atomic mass is 10.1. The topological polar surface area (TPSA) is 88.9 Å². The number of hydrogen-bond donors (Lipinski definition) is 2. The van der Waals surface area contributed by atoms with Crippen LogP contribution in [0.2, 0.25) is 0 Å². The number of carbonyl (C=O) groups excluding carboxylic acids is 2. The Bertz CT molecular complexity index is 1040. The Kier molecular flexibility index (Phi) is 5.88. The second-order valence-corrected chi connectivity index (χ2v) is 7.53. The molecular weight excluding hydrogens is 378 g/mol. The number of hydrogen-bond acceptors (Lipinski definition) is 4. The highest BCUT2D eigenvalue weighted by atomic mass is 16.2. The lowest BCUT2D eigenvalue weighted by Gasteiger charge is -2.15. The van der Waals surface area contributed by atoms with Crippen molar-refractivity contribution in [3.8, 4) is 11.4 Å². The maximum Gasteiger partial charge on any atom is 0.251 e. The van der Waals surface area contributed by atoms with E-state index in [0.717, 1.165) is 43.0 Å². The molecular formula is C23H25N5O2. The normalized spacial score (nSPS) is 14.3. The molecule has 0 fully saturated rings. The van der Waals surface area contributed by atoms with Crippen molar-refractivity contribution in [2.75, 3.05) is 5.32 Å². The molecule has 0 saturated heterocycles. The zero-order valence-corrected chi connectivity index (χ0v) is 17.0. The summed E-state index contributed by atoms with van der Waals surface area (Å²) in [7, 11) is 0. The molecule has 2 N–H and O–H groups in total. The second kappa shape index (κ2) is 8.90. The Hall–Kier alpha value is -3.48. The van der Waals surface area contributed by atoms with Crippen molar-refractivity contribution in [2.24, 2.45) is 0 Å². The highest BCUT2D eigenvalue weighted by molar-refractivity contribution is 6.01. The van der Waals surface area contributed by atoms with Crippen LogP contribution in [-0.2, 0) is 17.8 Å². The van der Waals surface area contributed by atoms with E-state index in [1.807, 2.05) is 30.3 Å². The van der Waals surface area contributed by atoms with E-state index in [2.05, 4.69) is 25.4 Å². The molecule has 0 radical (unpaired) electrons. The number of aryl methyl sites for hydroxylation is 1. The van der Waals surface area contributed by atoms with E-state index >= 15 is 0 Å². The molecule has 1 aliphatic heterocycles. The summed E-state index contributed by atoms with van der Waals surface area (Å²) in [4.78, 5) is 24.9. The fourth-order valence-corrected chi connectivity index (χ4v) is 3.62. The van der Waals surface area contributed by atoms with Crippen LogP contribution in [0.5, 0.6) is 0 Å². The largest absolute Gasteiger partial charge is 0.341 e. The number of fused-ring (bicyclic) bond motifs is 1. The van der Waals surface area contributed by atoms with Crippen LogP contribution >= 0.6 is 0 Å². The van der Waals surface area contributed by atoms with Gasteiger partial charge in [0.25, 0.3) is 5.91 Å². The number of nitrogens with zero attached hydrogens (tertiary/aromatic N) is 3. The summed E-state index contributed by atoms with van der Waals surface area (Å²) < 4.78 is 2.18. The molecule has 1 unspecified atom stereocenters. The smallest absolute Gasteiger partial charge is 0.251 e. The summed E-state index contributed by atoms with van der Waals surface area (Å²) in [5, 5.41) is 14.3. The van der Waals surface area contributed by atoms with E-state index in [-0.39, 0.29) is 11.8 Å². The van der Waals surface area contributed by atoms with Crippen LogP contribution in [0.25, 0.3) is 11.4 Å². The quantitative estimate of drug-likeness (QED) is 0.683. The van der Waals surface area contributed by atoms with Crippen molar-refractivity contribution in [3.05, 3.63) is 66.0 Å². The van der Waals surface area contributed by atoms with Crippen molar-refractivity contribution < 1.29 is 9.59 Å². The molecule has 7 heteroatoms. The molecule has 0 saturated carbocycles. The van der Waals surface area contributed by atoms with E-state index in [9.17, 15) is 9.59 Å². The zero-order chi connectivity index (χ0) is 20.9. The van der Waals surface area contributed by atoms with Gasteiger partial charge in [0.2, 0.25) is 5.91 Å². The van der Waals surface area contributed by atoms with Gasteiger partial charge in [0.05, 0.1) is 0 Å². The van der Waals surface area contributed by atoms with Crippen molar-refractivity contribution in [2.45, 2.75) is 45.2 Å². The third-order valence-corrected chi connectivity index (χ3v) is 5.27. The highest BCUT2D eigenvalue weighted by Gasteiger charge is 2.19. The van der Waals surface area contributed by atoms with Gasteiger partial charge in [-0.1, -0.05) is 36.8 Å². The van der Waals surface area contributed by atoms with Crippen molar-refractivity contribution in [1.82, 2.24) is 20.1 Å². The predicted molar refractivity (Wildman–Crippen MR) is 115 cm³/mol. The van der Waals surface area contributed by atoms with Crippen molar-refractivity contribution in [1.29, 1.82) is 0 Å². The number of rotatable bonds is 5. The first-order valence-electron chi connectivity index (χ1n) is 10.3. The Morgan fingerprint density at radius 1 is 1.00 bits per heavy atom. The minimum absolute atomic E-state index is 0.279. The molecule has 2 aromatic carbocycles. The Morgan fingerprint density at radius 2 is 1.83 bits per heavy atom. The molecule has 2 heterocycles. The second-order valence-electron chi connectivity index (χ2n) is 7.53. The van der Waals surface area contributed by atoms with E-state index < -0.39 is 6.04 Å². The number of benzene rings is 2. The first-order valence-corrected chi connectivity index (χ1v) is 10.3. The first kappa shape index (κ1) is 19.8. The summed E-state index contributed by atoms with van der Waals surface area (Å²) in [5.74, 6) is 1.29. The molecule has 0 spiro atoms. The summed E-state index contributed by atoms with van der Waals surface area (Å²) >= 11 is 0. The highest BCUT2D eigenvalue weighted by Crippen LogP contribution is 2.25. The van der Waals surface area contributed by atoms with Crippen LogP contribution in [0.1, 0.15) is 42.4 Å². The third kappa shape index (κ3) is 4.40. The van der Waals surface area contributed by atoms with E-state index in [4.69, 9.17) is 0 Å². The van der Waals surface area contributed by atoms with Gasteiger partial charge in [-0.2, -0.15) is 0 Å². The fraction of sp³-hybridized carbons (Fsp3) is 0.304. The van der Waals surface area contributed by atoms with Crippen LogP contribution in [0.4, 0.5) is 5.69 Å². The number of amides is 2. The predicted octanol–water partition coefficient (Wildman–Crippen LogP) is 3.43. The Labute approximate surface area is 175 Å². The van der Waals surface area contributed by atoms with Gasteiger partial charge in [-0.05, 0) is 44.0 Å². The van der Waals surface area contributed by atoms with Crippen LogP contribution < -0.4 is 10.6 Å². The maximum atomic E-state index is 12.6. The minimum Gasteiger partial charge on any atom is -0.341 e. The van der Waals surface area contributed by atoms with Gasteiger partial charge in [-0.15, -0.1) is 10.2 Å². The van der Waals surface area contributed by atoms with Crippen molar-refractivity contribution >= 4 is 17.5 Å². The summed E-state index contributed by atoms with van der Waals surface area (Å²) in [6.45, 7) is 2.58. The number of nitrogens with one attached hydrogen (secondary N) is 2. The monoisotopic (exact) mass is 403 g/mol. The SMILES string of the molecule is CC(NC(=O)c1ccccc1)C(=O)Nc1cccc(-c2nnc3n2CCCCC3)c1. The summed E-state index contributed by atoms with van der Waals surface area (Å²) in [6, 6.07) is 15.7. The van der Waals surface area contributed by atoms with Crippen LogP contribution in [0.15, 0.2) is 54.6 Å². The first-order chi connectivity index (χ1) is 14.6. The average molecular weight is 403 g/mol. The van der Waals surface area contributed by atoms with Crippen molar-refractivity contribution in [3.63, 3.8) is 0 Å². The summed E-state index contributed by atoms with van der Waals surface area (Å²) in [5.41, 5.74) is 2.09. The fourth-order valence-electron chi connectivity index (χ4n) is 3.62. The number of carbonyl (C=O) groups is 2. The van der Waals surface area contributed by atoms with Gasteiger partial charge >= 0.3 is 0 Å². The van der Waals surface area contributed by atoms with Crippen LogP contribution in [0, 0.1) is 0 Å². The van der Waals surface area contributed by atoms with Gasteiger partial charge in [0.1, 0.15) is 11.9 Å². The van der Waals surface area contributed by atoms with Gasteiger partial charge in [0, 0.05) is 29.8 Å². The van der Waals surface area contributed by atoms with Gasteiger partial charge in [0.15, 0.2) is 5.82 Å². The molecule has 7 nitrogen and oxygen atoms in total. The molecule has 2 amide bonds. The van der Waals surface area contributed by atoms with Gasteiger partial charge < -0.3 is 15.2 Å². The number of aromatic nitrogens is 3. The molecule has 4 rings (SSSR count). The molecule has 1 aromatic heterocycles. The molecule has 1 aliphatic rings. The molecule has 0 bridgehead atoms. The molecule has 3 aromatic rings. The molecule has 154 valence electrons. The average Bonchev–Trinajstić information content (AvgIpc) is 3.02. The molecule has 1 atom stereocenters. The van der Waals surface area contributed by atoms with Gasteiger partial charge in [-0.3, -0.25) is 9.59 Å². The van der Waals surface area contributed by atoms with E-state index in [0.29, 0.717) is 11.3 Å². The van der Waals surface area contributed by atoms with E-state index in [1.54, 1.807) is 31.2 Å². The van der Waals surface area contributed by atoms with Crippen LogP contribution in [0.3, 0.4) is 0 Å². The maximum absolute atomic E-state index is 12.6. The lowest BCUT2D eigenvalue weighted by molar-refractivity contribution is -0.117. The Morgan fingerprint density at radius 3 is 2.67 bits per heavy atom. The standard InChI is InChI=1S/C23H25N5O2/c1-16(24-23(30)17-9-4-2-5-10-17)22(29)25-19-12-8-11-18(15-19)21-27-26-20-13-6-3-7-14-28(20)21/h2,4-5,8-12,15-16H,3,6-7,13-14H2,1H3,(H,24,30)(H,25,29). The van der Waals surface area contributed by atoms with E-state index in [1.165, 1.54) is 6.42 Å². The summed E-state index contributed by atoms with van der Waals surface area (Å²) in [6.07, 6.45) is 4.40. The molecule has 30 heavy (non-hydrogen) atoms. The Balaban J connectivity index is 1.45. The number of anilines is 1. The minimum atomic E-state index is -0.675. The lowest BCUT2D eigenvalue weighted by Crippen LogP contribution is -2.41.